The number of rotatable bonds is 5. The molecule has 9 heteroatoms. The second-order valence-corrected chi connectivity index (χ2v) is 6.26. The summed E-state index contributed by atoms with van der Waals surface area (Å²) in [5.41, 5.74) is 1.24. The first-order valence-corrected chi connectivity index (χ1v) is 7.43. The lowest BCUT2D eigenvalue weighted by Gasteiger charge is -2.04. The van der Waals surface area contributed by atoms with Crippen molar-refractivity contribution < 1.29 is 18.3 Å². The van der Waals surface area contributed by atoms with Crippen molar-refractivity contribution in [2.75, 3.05) is 0 Å². The number of nitrogens with zero attached hydrogens (tertiary/aromatic N) is 2. The van der Waals surface area contributed by atoms with Crippen LogP contribution in [0.2, 0.25) is 0 Å². The molecule has 19 heavy (non-hydrogen) atoms. The van der Waals surface area contributed by atoms with Crippen LogP contribution in [0.3, 0.4) is 0 Å². The van der Waals surface area contributed by atoms with Gasteiger partial charge >= 0.3 is 5.97 Å². The highest BCUT2D eigenvalue weighted by molar-refractivity contribution is 7.91. The van der Waals surface area contributed by atoms with Gasteiger partial charge in [-0.2, -0.15) is 0 Å². The Morgan fingerprint density at radius 3 is 2.79 bits per heavy atom. The number of pyridine rings is 1. The van der Waals surface area contributed by atoms with Gasteiger partial charge in [0.2, 0.25) is 0 Å². The second-order valence-electron chi connectivity index (χ2n) is 3.44. The molecule has 0 saturated carbocycles. The van der Waals surface area contributed by atoms with E-state index in [0.717, 1.165) is 11.3 Å². The van der Waals surface area contributed by atoms with Crippen molar-refractivity contribution in [1.82, 2.24) is 14.7 Å². The second kappa shape index (κ2) is 5.43. The van der Waals surface area contributed by atoms with E-state index in [1.54, 1.807) is 24.4 Å². The number of sulfonamides is 1. The van der Waals surface area contributed by atoms with Gasteiger partial charge in [-0.3, -0.25) is 4.98 Å². The molecule has 0 unspecified atom stereocenters. The van der Waals surface area contributed by atoms with E-state index in [0.29, 0.717) is 5.69 Å². The van der Waals surface area contributed by atoms with Gasteiger partial charge in [0, 0.05) is 6.20 Å². The molecule has 7 nitrogen and oxygen atoms in total. The monoisotopic (exact) mass is 299 g/mol. The number of aromatic nitrogens is 2. The van der Waals surface area contributed by atoms with Crippen molar-refractivity contribution in [3.8, 4) is 0 Å². The van der Waals surface area contributed by atoms with Crippen molar-refractivity contribution in [3.63, 3.8) is 0 Å². The van der Waals surface area contributed by atoms with Crippen molar-refractivity contribution in [2.24, 2.45) is 0 Å². The zero-order chi connectivity index (χ0) is 13.9. The molecule has 0 atom stereocenters. The molecule has 2 aromatic rings. The number of aromatic carboxylic acids is 1. The molecule has 0 bridgehead atoms. The van der Waals surface area contributed by atoms with E-state index in [4.69, 9.17) is 5.11 Å². The molecule has 0 fully saturated rings. The highest BCUT2D eigenvalue weighted by atomic mass is 32.2. The third kappa shape index (κ3) is 3.13. The quantitative estimate of drug-likeness (QED) is 0.841. The number of carbonyl (C=O) groups is 1. The Labute approximate surface area is 113 Å². The minimum absolute atomic E-state index is 0.0138. The van der Waals surface area contributed by atoms with Crippen LogP contribution in [-0.4, -0.2) is 29.5 Å². The Balaban J connectivity index is 2.19. The third-order valence-electron chi connectivity index (χ3n) is 2.15. The van der Waals surface area contributed by atoms with E-state index in [-0.39, 0.29) is 10.8 Å². The lowest BCUT2D eigenvalue weighted by Crippen LogP contribution is -2.24. The fraction of sp³-hybridized carbons (Fsp3) is 0.100. The van der Waals surface area contributed by atoms with Gasteiger partial charge in [-0.15, -0.1) is 11.3 Å². The number of carboxylic acids is 1. The van der Waals surface area contributed by atoms with Gasteiger partial charge in [-0.1, -0.05) is 6.07 Å². The van der Waals surface area contributed by atoms with Gasteiger partial charge in [-0.05, 0) is 12.1 Å². The average Bonchev–Trinajstić information content (AvgIpc) is 2.88. The Kier molecular flexibility index (Phi) is 3.88. The normalized spacial score (nSPS) is 11.4. The summed E-state index contributed by atoms with van der Waals surface area (Å²) in [4.78, 5) is 18.3. The third-order valence-corrected chi connectivity index (χ3v) is 4.92. The maximum Gasteiger partial charge on any atom is 0.356 e. The molecule has 2 heterocycles. The number of hydrogen-bond donors (Lipinski definition) is 2. The summed E-state index contributed by atoms with van der Waals surface area (Å²) in [6.07, 6.45) is 1.54. The number of nitrogens with one attached hydrogen (secondary N) is 1. The van der Waals surface area contributed by atoms with Crippen molar-refractivity contribution in [2.45, 2.75) is 10.8 Å². The molecule has 2 aromatic heterocycles. The molecule has 0 amide bonds. The van der Waals surface area contributed by atoms with E-state index < -0.39 is 21.7 Å². The van der Waals surface area contributed by atoms with Crippen LogP contribution >= 0.6 is 11.3 Å². The topological polar surface area (TPSA) is 109 Å². The first-order chi connectivity index (χ1) is 9.00. The summed E-state index contributed by atoms with van der Waals surface area (Å²) >= 11 is 0.757. The lowest BCUT2D eigenvalue weighted by atomic mass is 10.4. The minimum Gasteiger partial charge on any atom is -0.476 e. The lowest BCUT2D eigenvalue weighted by molar-refractivity contribution is 0.0687. The van der Waals surface area contributed by atoms with Gasteiger partial charge in [0.05, 0.1) is 17.7 Å². The van der Waals surface area contributed by atoms with Crippen molar-refractivity contribution in [3.05, 3.63) is 41.3 Å². The van der Waals surface area contributed by atoms with Crippen LogP contribution in [0.25, 0.3) is 0 Å². The average molecular weight is 299 g/mol. The summed E-state index contributed by atoms with van der Waals surface area (Å²) in [7, 11) is -3.91. The molecule has 100 valence electrons. The predicted octanol–water partition coefficient (Wildman–Crippen LogP) is 0.715. The molecule has 0 radical (unpaired) electrons. The molecule has 2 rings (SSSR count). The SMILES string of the molecule is O=C(O)c1ncsc1S(=O)(=O)NCc1ccccn1. The van der Waals surface area contributed by atoms with Crippen LogP contribution in [0, 0.1) is 0 Å². The van der Waals surface area contributed by atoms with E-state index in [2.05, 4.69) is 14.7 Å². The van der Waals surface area contributed by atoms with Gasteiger partial charge < -0.3 is 5.11 Å². The smallest absolute Gasteiger partial charge is 0.356 e. The number of carboxylic acid groups (broad SMARTS) is 1. The molecule has 0 aliphatic rings. The predicted molar refractivity (Wildman–Crippen MR) is 67.3 cm³/mol. The minimum atomic E-state index is -3.91. The van der Waals surface area contributed by atoms with Crippen LogP contribution < -0.4 is 4.72 Å². The fourth-order valence-corrected chi connectivity index (χ4v) is 3.49. The highest BCUT2D eigenvalue weighted by Gasteiger charge is 2.25. The molecule has 0 saturated heterocycles. The maximum atomic E-state index is 12.0. The largest absolute Gasteiger partial charge is 0.476 e. The van der Waals surface area contributed by atoms with Crippen LogP contribution in [0.5, 0.6) is 0 Å². The first-order valence-electron chi connectivity index (χ1n) is 5.07. The van der Waals surface area contributed by atoms with Gasteiger partial charge in [-0.25, -0.2) is 22.9 Å². The first kappa shape index (κ1) is 13.6. The van der Waals surface area contributed by atoms with Gasteiger partial charge in [0.15, 0.2) is 9.90 Å². The summed E-state index contributed by atoms with van der Waals surface area (Å²) in [6.45, 7) is -0.0138. The van der Waals surface area contributed by atoms with Gasteiger partial charge in [0.1, 0.15) is 0 Å². The van der Waals surface area contributed by atoms with E-state index in [9.17, 15) is 13.2 Å². The van der Waals surface area contributed by atoms with E-state index >= 15 is 0 Å². The zero-order valence-electron chi connectivity index (χ0n) is 9.48. The number of thiazole rings is 1. The van der Waals surface area contributed by atoms with Crippen LogP contribution in [-0.2, 0) is 16.6 Å². The molecule has 2 N–H and O–H groups in total. The van der Waals surface area contributed by atoms with Crippen LogP contribution in [0.15, 0.2) is 34.1 Å². The van der Waals surface area contributed by atoms with Crippen molar-refractivity contribution >= 4 is 27.3 Å². The fourth-order valence-electron chi connectivity index (χ4n) is 1.31. The number of hydrogen-bond acceptors (Lipinski definition) is 6. The molecule has 0 spiro atoms. The van der Waals surface area contributed by atoms with E-state index in [1.165, 1.54) is 5.51 Å². The standard InChI is InChI=1S/C10H9N3O4S2/c14-9(15)8-10(18-6-12-8)19(16,17)13-5-7-3-1-2-4-11-7/h1-4,6,13H,5H2,(H,14,15). The maximum absolute atomic E-state index is 12.0. The van der Waals surface area contributed by atoms with Crippen LogP contribution in [0.1, 0.15) is 16.2 Å². The zero-order valence-corrected chi connectivity index (χ0v) is 11.1. The summed E-state index contributed by atoms with van der Waals surface area (Å²) < 4.78 is 25.9. The summed E-state index contributed by atoms with van der Waals surface area (Å²) in [5.74, 6) is -1.38. The van der Waals surface area contributed by atoms with Crippen LogP contribution in [0.4, 0.5) is 0 Å². The molecule has 0 aliphatic carbocycles. The molecular formula is C10H9N3O4S2. The molecule has 0 aromatic carbocycles. The highest BCUT2D eigenvalue weighted by Crippen LogP contribution is 2.19. The molecule has 0 aliphatic heterocycles. The Hall–Kier alpha value is -1.84. The summed E-state index contributed by atoms with van der Waals surface area (Å²) in [6, 6.07) is 5.10. The Morgan fingerprint density at radius 2 is 2.16 bits per heavy atom. The van der Waals surface area contributed by atoms with E-state index in [1.807, 2.05) is 0 Å². The van der Waals surface area contributed by atoms with Crippen molar-refractivity contribution in [1.29, 1.82) is 0 Å². The van der Waals surface area contributed by atoms with Gasteiger partial charge in [0.25, 0.3) is 10.0 Å². The Bertz CT molecular complexity index is 682. The Morgan fingerprint density at radius 1 is 1.37 bits per heavy atom. The summed E-state index contributed by atoms with van der Waals surface area (Å²) in [5, 5.41) is 8.84. The molecular weight excluding hydrogens is 290 g/mol.